The van der Waals surface area contributed by atoms with Crippen molar-refractivity contribution in [3.63, 3.8) is 0 Å². The number of aromatic nitrogens is 1. The summed E-state index contributed by atoms with van der Waals surface area (Å²) in [5.74, 6) is -0.283. The molecule has 0 bridgehead atoms. The Morgan fingerprint density at radius 3 is 2.71 bits per heavy atom. The van der Waals surface area contributed by atoms with Gasteiger partial charge in [-0.1, -0.05) is 18.2 Å². The van der Waals surface area contributed by atoms with Crippen LogP contribution in [-0.2, 0) is 0 Å². The van der Waals surface area contributed by atoms with Crippen molar-refractivity contribution in [2.45, 2.75) is 0 Å². The van der Waals surface area contributed by atoms with Crippen LogP contribution in [0.3, 0.4) is 0 Å². The molecule has 17 heavy (non-hydrogen) atoms. The average molecular weight is 244 g/mol. The number of hydrogen-bond acceptors (Lipinski definition) is 3. The molecule has 0 aliphatic rings. The van der Waals surface area contributed by atoms with Crippen LogP contribution in [0.4, 0.5) is 10.1 Å². The Kier molecular flexibility index (Phi) is 2.30. The number of para-hydroxylation sites is 1. The maximum Gasteiger partial charge on any atom is 0.150 e. The van der Waals surface area contributed by atoms with E-state index in [1.807, 2.05) is 30.3 Å². The summed E-state index contributed by atoms with van der Waals surface area (Å²) >= 11 is 1.47. The number of halogens is 1. The van der Waals surface area contributed by atoms with Crippen LogP contribution in [0.1, 0.15) is 0 Å². The Labute approximate surface area is 102 Å². The lowest BCUT2D eigenvalue weighted by molar-refractivity contribution is 0.637. The standard InChI is InChI=1S/C13H9FN2S/c14-10-5-2-6-11-12(10)16-13(17-11)8-3-1-4-9(15)7-8/h1-7H,15H2. The summed E-state index contributed by atoms with van der Waals surface area (Å²) in [5, 5.41) is 0.789. The highest BCUT2D eigenvalue weighted by molar-refractivity contribution is 7.21. The lowest BCUT2D eigenvalue weighted by Gasteiger charge is -1.96. The van der Waals surface area contributed by atoms with Crippen LogP contribution in [0.5, 0.6) is 0 Å². The topological polar surface area (TPSA) is 38.9 Å². The van der Waals surface area contributed by atoms with Crippen LogP contribution in [0.25, 0.3) is 20.8 Å². The summed E-state index contributed by atoms with van der Waals surface area (Å²) in [6, 6.07) is 12.4. The smallest absolute Gasteiger partial charge is 0.150 e. The van der Waals surface area contributed by atoms with Crippen molar-refractivity contribution in [2.24, 2.45) is 0 Å². The lowest BCUT2D eigenvalue weighted by atomic mass is 10.2. The monoisotopic (exact) mass is 244 g/mol. The second kappa shape index (κ2) is 3.82. The van der Waals surface area contributed by atoms with E-state index in [4.69, 9.17) is 5.73 Å². The highest BCUT2D eigenvalue weighted by Gasteiger charge is 2.09. The number of rotatable bonds is 1. The Morgan fingerprint density at radius 1 is 1.12 bits per heavy atom. The molecule has 0 spiro atoms. The van der Waals surface area contributed by atoms with Gasteiger partial charge in [0.25, 0.3) is 0 Å². The van der Waals surface area contributed by atoms with Gasteiger partial charge in [-0.05, 0) is 24.3 Å². The van der Waals surface area contributed by atoms with Crippen LogP contribution in [-0.4, -0.2) is 4.98 Å². The fourth-order valence-electron chi connectivity index (χ4n) is 1.71. The van der Waals surface area contributed by atoms with Crippen LogP contribution < -0.4 is 5.73 Å². The molecule has 3 rings (SSSR count). The molecule has 1 heterocycles. The molecule has 0 atom stereocenters. The van der Waals surface area contributed by atoms with Crippen LogP contribution in [0, 0.1) is 5.82 Å². The van der Waals surface area contributed by atoms with Gasteiger partial charge >= 0.3 is 0 Å². The number of benzene rings is 2. The van der Waals surface area contributed by atoms with Gasteiger partial charge in [0, 0.05) is 11.3 Å². The predicted octanol–water partition coefficient (Wildman–Crippen LogP) is 3.68. The molecule has 0 saturated heterocycles. The molecule has 0 aliphatic carbocycles. The van der Waals surface area contributed by atoms with E-state index in [0.717, 1.165) is 15.3 Å². The third-order valence-corrected chi connectivity index (χ3v) is 3.57. The summed E-state index contributed by atoms with van der Waals surface area (Å²) in [6.07, 6.45) is 0. The minimum Gasteiger partial charge on any atom is -0.399 e. The highest BCUT2D eigenvalue weighted by atomic mass is 32.1. The number of anilines is 1. The number of hydrogen-bond donors (Lipinski definition) is 1. The quantitative estimate of drug-likeness (QED) is 0.663. The molecule has 2 N–H and O–H groups in total. The van der Waals surface area contributed by atoms with Crippen molar-refractivity contribution < 1.29 is 4.39 Å². The Hall–Kier alpha value is -1.94. The molecule has 0 aliphatic heterocycles. The molecular formula is C13H9FN2S. The third kappa shape index (κ3) is 1.76. The molecule has 3 aromatic rings. The molecule has 1 aromatic heterocycles. The van der Waals surface area contributed by atoms with Crippen molar-refractivity contribution in [3.8, 4) is 10.6 Å². The minimum atomic E-state index is -0.283. The summed E-state index contributed by atoms with van der Waals surface area (Å²) in [6.45, 7) is 0. The molecular weight excluding hydrogens is 235 g/mol. The van der Waals surface area contributed by atoms with Gasteiger partial charge in [-0.15, -0.1) is 11.3 Å². The Bertz CT molecular complexity index is 691. The lowest BCUT2D eigenvalue weighted by Crippen LogP contribution is -1.84. The molecule has 2 nitrogen and oxygen atoms in total. The zero-order valence-corrected chi connectivity index (χ0v) is 9.67. The molecule has 0 saturated carbocycles. The number of nitrogen functional groups attached to an aromatic ring is 1. The first kappa shape index (κ1) is 10.2. The molecule has 0 radical (unpaired) electrons. The average Bonchev–Trinajstić information content (AvgIpc) is 2.74. The van der Waals surface area contributed by atoms with Crippen molar-refractivity contribution in [3.05, 3.63) is 48.3 Å². The van der Waals surface area contributed by atoms with E-state index >= 15 is 0 Å². The van der Waals surface area contributed by atoms with E-state index in [9.17, 15) is 4.39 Å². The van der Waals surface area contributed by atoms with E-state index in [2.05, 4.69) is 4.98 Å². The van der Waals surface area contributed by atoms with Crippen molar-refractivity contribution in [2.75, 3.05) is 5.73 Å². The molecule has 2 aromatic carbocycles. The fourth-order valence-corrected chi connectivity index (χ4v) is 2.69. The molecule has 0 unspecified atom stereocenters. The van der Waals surface area contributed by atoms with E-state index in [-0.39, 0.29) is 5.82 Å². The van der Waals surface area contributed by atoms with Crippen LogP contribution in [0.15, 0.2) is 42.5 Å². The van der Waals surface area contributed by atoms with Crippen LogP contribution >= 0.6 is 11.3 Å². The first-order valence-corrected chi connectivity index (χ1v) is 5.96. The summed E-state index contributed by atoms with van der Waals surface area (Å²) in [4.78, 5) is 4.31. The first-order chi connectivity index (χ1) is 8.24. The summed E-state index contributed by atoms with van der Waals surface area (Å²) < 4.78 is 14.4. The van der Waals surface area contributed by atoms with E-state index < -0.39 is 0 Å². The number of nitrogens with zero attached hydrogens (tertiary/aromatic N) is 1. The summed E-state index contributed by atoms with van der Waals surface area (Å²) in [5.41, 5.74) is 7.75. The second-order valence-corrected chi connectivity index (χ2v) is 4.76. The van der Waals surface area contributed by atoms with Gasteiger partial charge in [0.2, 0.25) is 0 Å². The fraction of sp³-hybridized carbons (Fsp3) is 0. The van der Waals surface area contributed by atoms with E-state index in [0.29, 0.717) is 11.2 Å². The maximum atomic E-state index is 13.5. The zero-order valence-electron chi connectivity index (χ0n) is 8.85. The maximum absolute atomic E-state index is 13.5. The highest BCUT2D eigenvalue weighted by Crippen LogP contribution is 2.31. The summed E-state index contributed by atoms with van der Waals surface area (Å²) in [7, 11) is 0. The second-order valence-electron chi connectivity index (χ2n) is 3.73. The van der Waals surface area contributed by atoms with E-state index in [1.54, 1.807) is 6.07 Å². The van der Waals surface area contributed by atoms with Crippen molar-refractivity contribution in [1.82, 2.24) is 4.98 Å². The van der Waals surface area contributed by atoms with Gasteiger partial charge in [0.05, 0.1) is 4.70 Å². The number of fused-ring (bicyclic) bond motifs is 1. The van der Waals surface area contributed by atoms with E-state index in [1.165, 1.54) is 17.4 Å². The van der Waals surface area contributed by atoms with Gasteiger partial charge < -0.3 is 5.73 Å². The third-order valence-electron chi connectivity index (χ3n) is 2.50. The van der Waals surface area contributed by atoms with Gasteiger partial charge in [-0.2, -0.15) is 0 Å². The van der Waals surface area contributed by atoms with Gasteiger partial charge in [-0.25, -0.2) is 9.37 Å². The predicted molar refractivity (Wildman–Crippen MR) is 69.4 cm³/mol. The normalized spacial score (nSPS) is 10.9. The van der Waals surface area contributed by atoms with Crippen molar-refractivity contribution in [1.29, 1.82) is 0 Å². The van der Waals surface area contributed by atoms with Crippen molar-refractivity contribution >= 4 is 27.2 Å². The van der Waals surface area contributed by atoms with Crippen LogP contribution in [0.2, 0.25) is 0 Å². The molecule has 4 heteroatoms. The Balaban J connectivity index is 2.22. The number of thiazole rings is 1. The minimum absolute atomic E-state index is 0.283. The SMILES string of the molecule is Nc1cccc(-c2nc3c(F)cccc3s2)c1. The Morgan fingerprint density at radius 2 is 1.94 bits per heavy atom. The first-order valence-electron chi connectivity index (χ1n) is 5.15. The largest absolute Gasteiger partial charge is 0.399 e. The van der Waals surface area contributed by atoms with Gasteiger partial charge in [0.15, 0.2) is 0 Å². The van der Waals surface area contributed by atoms with Gasteiger partial charge in [-0.3, -0.25) is 0 Å². The molecule has 0 amide bonds. The van der Waals surface area contributed by atoms with Gasteiger partial charge in [0.1, 0.15) is 16.3 Å². The molecule has 0 fully saturated rings. The number of nitrogens with two attached hydrogens (primary N) is 1. The molecule has 84 valence electrons. The zero-order chi connectivity index (χ0) is 11.8.